The summed E-state index contributed by atoms with van der Waals surface area (Å²) in [5.74, 6) is -2.79. The zero-order valence-corrected chi connectivity index (χ0v) is 12.7. The number of hydrogen-bond acceptors (Lipinski definition) is 3. The van der Waals surface area contributed by atoms with Crippen molar-refractivity contribution in [3.05, 3.63) is 70.1 Å². The van der Waals surface area contributed by atoms with Crippen LogP contribution in [-0.4, -0.2) is 15.5 Å². The minimum atomic E-state index is -1.08. The Labute approximate surface area is 135 Å². The maximum Gasteiger partial charge on any atom is 0.265 e. The molecule has 0 saturated carbocycles. The molecule has 0 aliphatic carbocycles. The molecule has 0 unspecified atom stereocenters. The van der Waals surface area contributed by atoms with E-state index in [1.54, 1.807) is 25.3 Å². The largest absolute Gasteiger partial charge is 0.322 e. The van der Waals surface area contributed by atoms with Crippen molar-refractivity contribution in [1.29, 1.82) is 0 Å². The molecule has 5 nitrogen and oxygen atoms in total. The lowest BCUT2D eigenvalue weighted by Gasteiger charge is -2.10. The number of aryl methyl sites for hydroxylation is 1. The van der Waals surface area contributed by atoms with Crippen LogP contribution in [0.1, 0.15) is 17.3 Å². The molecule has 0 spiro atoms. The number of benzene rings is 1. The smallest absolute Gasteiger partial charge is 0.265 e. The number of hydrogen-bond donors (Lipinski definition) is 1. The first-order valence-corrected chi connectivity index (χ1v) is 7.26. The first kappa shape index (κ1) is 15.8. The topological polar surface area (TPSA) is 64.0 Å². The molecule has 3 rings (SSSR count). The van der Waals surface area contributed by atoms with Crippen LogP contribution in [0, 0.1) is 11.6 Å². The number of anilines is 1. The highest BCUT2D eigenvalue weighted by Crippen LogP contribution is 2.15. The fourth-order valence-corrected chi connectivity index (χ4v) is 2.43. The van der Waals surface area contributed by atoms with Gasteiger partial charge in [-0.1, -0.05) is 0 Å². The Balaban J connectivity index is 2.05. The quantitative estimate of drug-likeness (QED) is 0.803. The lowest BCUT2D eigenvalue weighted by molar-refractivity contribution is 0.102. The second kappa shape index (κ2) is 6.19. The minimum Gasteiger partial charge on any atom is -0.322 e. The van der Waals surface area contributed by atoms with Gasteiger partial charge in [-0.2, -0.15) is 0 Å². The van der Waals surface area contributed by atoms with E-state index in [1.165, 1.54) is 16.7 Å². The second-order valence-corrected chi connectivity index (χ2v) is 5.11. The molecule has 0 aliphatic heterocycles. The van der Waals surface area contributed by atoms with Crippen molar-refractivity contribution in [1.82, 2.24) is 9.55 Å². The molecule has 122 valence electrons. The number of pyridine rings is 2. The number of nitrogens with one attached hydrogen (secondary N) is 1. The predicted octanol–water partition coefficient (Wildman–Crippen LogP) is 2.95. The van der Waals surface area contributed by atoms with Gasteiger partial charge in [-0.15, -0.1) is 0 Å². The van der Waals surface area contributed by atoms with Gasteiger partial charge in [-0.3, -0.25) is 14.2 Å². The summed E-state index contributed by atoms with van der Waals surface area (Å²) < 4.78 is 27.6. The van der Waals surface area contributed by atoms with Gasteiger partial charge in [0, 0.05) is 29.9 Å². The molecule has 1 amide bonds. The monoisotopic (exact) mass is 329 g/mol. The molecule has 7 heteroatoms. The van der Waals surface area contributed by atoms with Crippen LogP contribution in [-0.2, 0) is 6.54 Å². The molecule has 0 saturated heterocycles. The second-order valence-electron chi connectivity index (χ2n) is 5.11. The third kappa shape index (κ3) is 2.76. The van der Waals surface area contributed by atoms with Gasteiger partial charge in [0.2, 0.25) is 0 Å². The van der Waals surface area contributed by atoms with Crippen molar-refractivity contribution < 1.29 is 13.6 Å². The molecule has 0 aliphatic rings. The maximum atomic E-state index is 13.2. The molecule has 0 atom stereocenters. The van der Waals surface area contributed by atoms with E-state index in [9.17, 15) is 18.4 Å². The van der Waals surface area contributed by atoms with Gasteiger partial charge in [0.15, 0.2) is 11.6 Å². The number of amides is 1. The van der Waals surface area contributed by atoms with E-state index in [4.69, 9.17) is 0 Å². The van der Waals surface area contributed by atoms with Gasteiger partial charge in [-0.25, -0.2) is 13.8 Å². The van der Waals surface area contributed by atoms with Crippen LogP contribution in [0.3, 0.4) is 0 Å². The van der Waals surface area contributed by atoms with Crippen LogP contribution in [0.5, 0.6) is 0 Å². The molecule has 2 aromatic heterocycles. The third-order valence-corrected chi connectivity index (χ3v) is 3.59. The lowest BCUT2D eigenvalue weighted by Crippen LogP contribution is -2.29. The molecule has 0 fully saturated rings. The van der Waals surface area contributed by atoms with Gasteiger partial charge in [0.05, 0.1) is 0 Å². The highest BCUT2D eigenvalue weighted by Gasteiger charge is 2.16. The Bertz CT molecular complexity index is 999. The summed E-state index contributed by atoms with van der Waals surface area (Å²) in [5.41, 5.74) is -0.0483. The first-order valence-electron chi connectivity index (χ1n) is 7.26. The van der Waals surface area contributed by atoms with Crippen molar-refractivity contribution in [2.45, 2.75) is 13.5 Å². The Kier molecular flexibility index (Phi) is 4.07. The van der Waals surface area contributed by atoms with Crippen molar-refractivity contribution in [3.63, 3.8) is 0 Å². The van der Waals surface area contributed by atoms with E-state index in [-0.39, 0.29) is 11.3 Å². The molecule has 24 heavy (non-hydrogen) atoms. The van der Waals surface area contributed by atoms with E-state index in [0.29, 0.717) is 17.6 Å². The fourth-order valence-electron chi connectivity index (χ4n) is 2.43. The van der Waals surface area contributed by atoms with Crippen molar-refractivity contribution >= 4 is 22.6 Å². The normalized spacial score (nSPS) is 10.8. The molecule has 0 bridgehead atoms. The number of nitrogens with zero attached hydrogens (tertiary/aromatic N) is 2. The Morgan fingerprint density at radius 2 is 2.00 bits per heavy atom. The number of aromatic nitrogens is 2. The van der Waals surface area contributed by atoms with Crippen molar-refractivity contribution in [3.8, 4) is 0 Å². The molecule has 2 heterocycles. The zero-order chi connectivity index (χ0) is 17.3. The standard InChI is InChI=1S/C17H13F2N3O2/c1-2-22-15-10(4-3-7-20-15)8-12(17(22)24)16(23)21-11-5-6-13(18)14(19)9-11/h3-9H,2H2,1H3,(H,21,23). The summed E-state index contributed by atoms with van der Waals surface area (Å²) in [6.45, 7) is 2.12. The fraction of sp³-hybridized carbons (Fsp3) is 0.118. The number of rotatable bonds is 3. The summed E-state index contributed by atoms with van der Waals surface area (Å²) >= 11 is 0. The minimum absolute atomic E-state index is 0.0626. The van der Waals surface area contributed by atoms with E-state index >= 15 is 0 Å². The van der Waals surface area contributed by atoms with Crippen LogP contribution < -0.4 is 10.9 Å². The van der Waals surface area contributed by atoms with E-state index < -0.39 is 23.1 Å². The molecular weight excluding hydrogens is 316 g/mol. The van der Waals surface area contributed by atoms with Gasteiger partial charge >= 0.3 is 0 Å². The highest BCUT2D eigenvalue weighted by atomic mass is 19.2. The molecule has 3 aromatic rings. The summed E-state index contributed by atoms with van der Waals surface area (Å²) in [4.78, 5) is 29.0. The average Bonchev–Trinajstić information content (AvgIpc) is 2.57. The number of fused-ring (bicyclic) bond motifs is 1. The summed E-state index contributed by atoms with van der Waals surface area (Å²) in [5, 5.41) is 3.04. The van der Waals surface area contributed by atoms with Gasteiger partial charge in [0.25, 0.3) is 11.5 Å². The van der Waals surface area contributed by atoms with Crippen LogP contribution in [0.2, 0.25) is 0 Å². The van der Waals surface area contributed by atoms with Gasteiger partial charge in [0.1, 0.15) is 11.2 Å². The maximum absolute atomic E-state index is 13.2. The van der Waals surface area contributed by atoms with E-state index in [1.807, 2.05) is 0 Å². The number of halogens is 2. The summed E-state index contributed by atoms with van der Waals surface area (Å²) in [6, 6.07) is 7.85. The van der Waals surface area contributed by atoms with E-state index in [0.717, 1.165) is 12.1 Å². The van der Waals surface area contributed by atoms with Gasteiger partial charge in [-0.05, 0) is 37.3 Å². The van der Waals surface area contributed by atoms with E-state index in [2.05, 4.69) is 10.3 Å². The third-order valence-electron chi connectivity index (χ3n) is 3.59. The molecule has 0 radical (unpaired) electrons. The summed E-state index contributed by atoms with van der Waals surface area (Å²) in [6.07, 6.45) is 1.56. The van der Waals surface area contributed by atoms with Crippen LogP contribution in [0.25, 0.3) is 11.0 Å². The Morgan fingerprint density at radius 3 is 2.71 bits per heavy atom. The Morgan fingerprint density at radius 1 is 1.21 bits per heavy atom. The molecular formula is C17H13F2N3O2. The van der Waals surface area contributed by atoms with Crippen molar-refractivity contribution in [2.24, 2.45) is 0 Å². The number of carbonyl (C=O) groups is 1. The highest BCUT2D eigenvalue weighted by molar-refractivity contribution is 6.05. The zero-order valence-electron chi connectivity index (χ0n) is 12.7. The lowest BCUT2D eigenvalue weighted by atomic mass is 10.2. The predicted molar refractivity (Wildman–Crippen MR) is 86.0 cm³/mol. The van der Waals surface area contributed by atoms with Crippen LogP contribution in [0.15, 0.2) is 47.4 Å². The molecule has 1 N–H and O–H groups in total. The number of carbonyl (C=O) groups excluding carboxylic acids is 1. The van der Waals surface area contributed by atoms with Crippen LogP contribution in [0.4, 0.5) is 14.5 Å². The van der Waals surface area contributed by atoms with Crippen molar-refractivity contribution in [2.75, 3.05) is 5.32 Å². The molecule has 1 aromatic carbocycles. The average molecular weight is 329 g/mol. The van der Waals surface area contributed by atoms with Crippen LogP contribution >= 0.6 is 0 Å². The Hall–Kier alpha value is -3.09. The first-order chi connectivity index (χ1) is 11.5. The SMILES string of the molecule is CCn1c(=O)c(C(=O)Nc2ccc(F)c(F)c2)cc2cccnc21. The van der Waals surface area contributed by atoms with Gasteiger partial charge < -0.3 is 5.32 Å². The summed E-state index contributed by atoms with van der Waals surface area (Å²) in [7, 11) is 0.